The summed E-state index contributed by atoms with van der Waals surface area (Å²) in [7, 11) is 1.55. The Balaban J connectivity index is 1.71. The molecule has 2 aromatic heterocycles. The number of rotatable bonds is 5. The molecule has 0 fully saturated rings. The van der Waals surface area contributed by atoms with Crippen LogP contribution in [0, 0.1) is 12.7 Å². The van der Waals surface area contributed by atoms with Crippen molar-refractivity contribution in [3.05, 3.63) is 65.7 Å². The average Bonchev–Trinajstić information content (AvgIpc) is 3.05. The van der Waals surface area contributed by atoms with Gasteiger partial charge in [-0.25, -0.2) is 8.96 Å². The predicted octanol–water partition coefficient (Wildman–Crippen LogP) is 3.28. The summed E-state index contributed by atoms with van der Waals surface area (Å²) < 4.78 is 20.5. The molecular formula is C19H17FN6O. The molecule has 2 aromatic carbocycles. The quantitative estimate of drug-likeness (QED) is 0.586. The van der Waals surface area contributed by atoms with Crippen LogP contribution in [-0.4, -0.2) is 31.6 Å². The Labute approximate surface area is 154 Å². The molecule has 136 valence electrons. The number of halogens is 1. The van der Waals surface area contributed by atoms with Crippen LogP contribution in [0.5, 0.6) is 6.01 Å². The summed E-state index contributed by atoms with van der Waals surface area (Å²) in [4.78, 5) is 17.7. The number of hydrogen-bond donors (Lipinski definition) is 1. The minimum atomic E-state index is -0.281. The van der Waals surface area contributed by atoms with Crippen molar-refractivity contribution in [3.63, 3.8) is 0 Å². The van der Waals surface area contributed by atoms with Gasteiger partial charge in [-0.05, 0) is 36.8 Å². The molecule has 0 atom stereocenters. The van der Waals surface area contributed by atoms with E-state index in [0.29, 0.717) is 30.3 Å². The van der Waals surface area contributed by atoms with Gasteiger partial charge in [0, 0.05) is 6.54 Å². The van der Waals surface area contributed by atoms with Crippen LogP contribution in [0.25, 0.3) is 17.0 Å². The van der Waals surface area contributed by atoms with E-state index >= 15 is 0 Å². The van der Waals surface area contributed by atoms with Crippen molar-refractivity contribution < 1.29 is 9.13 Å². The fourth-order valence-corrected chi connectivity index (χ4v) is 2.81. The van der Waals surface area contributed by atoms with Gasteiger partial charge in [0.1, 0.15) is 11.6 Å². The maximum absolute atomic E-state index is 13.3. The van der Waals surface area contributed by atoms with E-state index in [1.54, 1.807) is 24.7 Å². The molecule has 0 saturated carbocycles. The fraction of sp³-hybridized carbons (Fsp3) is 0.158. The maximum atomic E-state index is 13.3. The topological polar surface area (TPSA) is 77.8 Å². The maximum Gasteiger partial charge on any atom is 0.304 e. The molecule has 0 saturated heterocycles. The van der Waals surface area contributed by atoms with E-state index in [2.05, 4.69) is 25.3 Å². The highest BCUT2D eigenvalue weighted by molar-refractivity contribution is 5.78. The molecule has 2 heterocycles. The van der Waals surface area contributed by atoms with Crippen molar-refractivity contribution in [1.82, 2.24) is 24.5 Å². The number of ether oxygens (including phenoxy) is 1. The molecular weight excluding hydrogens is 347 g/mol. The van der Waals surface area contributed by atoms with Crippen molar-refractivity contribution in [2.75, 3.05) is 12.4 Å². The summed E-state index contributed by atoms with van der Waals surface area (Å²) in [5.41, 5.74) is 2.40. The Morgan fingerprint density at radius 2 is 1.89 bits per heavy atom. The normalized spacial score (nSPS) is 10.9. The first-order valence-corrected chi connectivity index (χ1v) is 8.37. The second kappa shape index (κ2) is 6.99. The largest absolute Gasteiger partial charge is 0.468 e. The third kappa shape index (κ3) is 3.41. The first-order valence-electron chi connectivity index (χ1n) is 8.37. The second-order valence-electron chi connectivity index (χ2n) is 5.91. The van der Waals surface area contributed by atoms with Gasteiger partial charge in [-0.2, -0.15) is 19.9 Å². The average molecular weight is 364 g/mol. The first kappa shape index (κ1) is 16.9. The lowest BCUT2D eigenvalue weighted by molar-refractivity contribution is 0.374. The zero-order valence-corrected chi connectivity index (χ0v) is 14.8. The molecule has 7 nitrogen and oxygen atoms in total. The highest BCUT2D eigenvalue weighted by atomic mass is 19.1. The fourth-order valence-electron chi connectivity index (χ4n) is 2.81. The van der Waals surface area contributed by atoms with Crippen molar-refractivity contribution in [1.29, 1.82) is 0 Å². The van der Waals surface area contributed by atoms with E-state index < -0.39 is 0 Å². The van der Waals surface area contributed by atoms with E-state index in [0.717, 1.165) is 16.6 Å². The third-order valence-electron chi connectivity index (χ3n) is 3.99. The zero-order valence-electron chi connectivity index (χ0n) is 14.8. The summed E-state index contributed by atoms with van der Waals surface area (Å²) >= 11 is 0. The van der Waals surface area contributed by atoms with Gasteiger partial charge in [-0.3, -0.25) is 0 Å². The predicted molar refractivity (Wildman–Crippen MR) is 99.5 cm³/mol. The van der Waals surface area contributed by atoms with Crippen LogP contribution in [0.1, 0.15) is 11.4 Å². The van der Waals surface area contributed by atoms with E-state index in [4.69, 9.17) is 4.74 Å². The van der Waals surface area contributed by atoms with Crippen molar-refractivity contribution in [2.24, 2.45) is 0 Å². The highest BCUT2D eigenvalue weighted by Crippen LogP contribution is 2.24. The number of para-hydroxylation sites is 2. The molecule has 0 bridgehead atoms. The summed E-state index contributed by atoms with van der Waals surface area (Å²) in [5.74, 6) is 1.05. The van der Waals surface area contributed by atoms with Crippen LogP contribution in [-0.2, 0) is 6.54 Å². The number of hydrogen-bond acceptors (Lipinski definition) is 6. The molecule has 1 N–H and O–H groups in total. The number of benzene rings is 2. The Bertz CT molecular complexity index is 1110. The van der Waals surface area contributed by atoms with E-state index in [-0.39, 0.29) is 5.82 Å². The third-order valence-corrected chi connectivity index (χ3v) is 3.99. The lowest BCUT2D eigenvalue weighted by atomic mass is 10.2. The van der Waals surface area contributed by atoms with E-state index in [1.807, 2.05) is 30.3 Å². The molecule has 0 aliphatic heterocycles. The van der Waals surface area contributed by atoms with Gasteiger partial charge in [0.15, 0.2) is 0 Å². The monoisotopic (exact) mass is 364 g/mol. The van der Waals surface area contributed by atoms with Crippen molar-refractivity contribution in [2.45, 2.75) is 13.5 Å². The molecule has 4 aromatic rings. The van der Waals surface area contributed by atoms with Crippen LogP contribution in [0.3, 0.4) is 0 Å². The SMILES string of the molecule is COc1nc2ccccc2n1-c1nc(C)nc(NCc2cccc(F)c2)n1. The summed E-state index contributed by atoms with van der Waals surface area (Å²) in [6, 6.07) is 14.4. The molecule has 0 amide bonds. The molecule has 0 unspecified atom stereocenters. The molecule has 0 radical (unpaired) electrons. The summed E-state index contributed by atoms with van der Waals surface area (Å²) in [5, 5.41) is 3.11. The number of methoxy groups -OCH3 is 1. The number of anilines is 1. The highest BCUT2D eigenvalue weighted by Gasteiger charge is 2.16. The Morgan fingerprint density at radius 3 is 2.70 bits per heavy atom. The van der Waals surface area contributed by atoms with Crippen LogP contribution in [0.2, 0.25) is 0 Å². The number of aromatic nitrogens is 5. The Morgan fingerprint density at radius 1 is 1.04 bits per heavy atom. The zero-order chi connectivity index (χ0) is 18.8. The van der Waals surface area contributed by atoms with Crippen LogP contribution >= 0.6 is 0 Å². The second-order valence-corrected chi connectivity index (χ2v) is 5.91. The number of aryl methyl sites for hydroxylation is 1. The van der Waals surface area contributed by atoms with Gasteiger partial charge in [0.25, 0.3) is 0 Å². The lowest BCUT2D eigenvalue weighted by Crippen LogP contribution is -2.11. The van der Waals surface area contributed by atoms with Crippen LogP contribution in [0.15, 0.2) is 48.5 Å². The molecule has 4 rings (SSSR count). The number of nitrogens with one attached hydrogen (secondary N) is 1. The molecule has 0 spiro atoms. The van der Waals surface area contributed by atoms with Crippen molar-refractivity contribution in [3.8, 4) is 12.0 Å². The molecule has 27 heavy (non-hydrogen) atoms. The van der Waals surface area contributed by atoms with Gasteiger partial charge in [-0.15, -0.1) is 0 Å². The van der Waals surface area contributed by atoms with Gasteiger partial charge in [0.2, 0.25) is 11.9 Å². The van der Waals surface area contributed by atoms with Gasteiger partial charge in [0.05, 0.1) is 18.1 Å². The van der Waals surface area contributed by atoms with E-state index in [9.17, 15) is 4.39 Å². The summed E-state index contributed by atoms with van der Waals surface area (Å²) in [6.07, 6.45) is 0. The smallest absolute Gasteiger partial charge is 0.304 e. The first-order chi connectivity index (χ1) is 13.1. The lowest BCUT2D eigenvalue weighted by Gasteiger charge is -2.10. The van der Waals surface area contributed by atoms with Gasteiger partial charge < -0.3 is 10.1 Å². The number of nitrogens with zero attached hydrogens (tertiary/aromatic N) is 5. The van der Waals surface area contributed by atoms with Gasteiger partial charge in [-0.1, -0.05) is 24.3 Å². The molecule has 8 heteroatoms. The summed E-state index contributed by atoms with van der Waals surface area (Å²) in [6.45, 7) is 2.17. The number of fused-ring (bicyclic) bond motifs is 1. The van der Waals surface area contributed by atoms with Crippen LogP contribution < -0.4 is 10.1 Å². The van der Waals surface area contributed by atoms with Gasteiger partial charge >= 0.3 is 6.01 Å². The Kier molecular flexibility index (Phi) is 4.37. The van der Waals surface area contributed by atoms with Crippen molar-refractivity contribution >= 4 is 17.0 Å². The van der Waals surface area contributed by atoms with Crippen LogP contribution in [0.4, 0.5) is 10.3 Å². The molecule has 0 aliphatic rings. The minimum absolute atomic E-state index is 0.281. The standard InChI is InChI=1S/C19H17FN6O/c1-12-22-17(21-11-13-6-5-7-14(20)10-13)25-18(23-12)26-16-9-4-3-8-15(16)24-19(26)27-2/h3-10H,11H2,1-2H3,(H,21,22,23,25). The Hall–Kier alpha value is -3.55. The molecule has 0 aliphatic carbocycles. The van der Waals surface area contributed by atoms with E-state index in [1.165, 1.54) is 12.1 Å². The number of imidazole rings is 1. The minimum Gasteiger partial charge on any atom is -0.468 e.